The number of ketones is 1. The number of hydrogen-bond donors (Lipinski definition) is 1. The van der Waals surface area contributed by atoms with Crippen molar-refractivity contribution >= 4 is 34.7 Å². The third-order valence-corrected chi connectivity index (χ3v) is 5.97. The monoisotopic (exact) mass is 461 g/mol. The molecule has 0 bridgehead atoms. The van der Waals surface area contributed by atoms with Gasteiger partial charge in [0.1, 0.15) is 19.0 Å². The number of hydrogen-bond acceptors (Lipinski definition) is 5. The lowest BCUT2D eigenvalue weighted by Gasteiger charge is -2.26. The van der Waals surface area contributed by atoms with Crippen molar-refractivity contribution in [1.82, 2.24) is 0 Å². The van der Waals surface area contributed by atoms with Gasteiger partial charge >= 0.3 is 0 Å². The van der Waals surface area contributed by atoms with Crippen molar-refractivity contribution in [3.8, 4) is 11.5 Å². The SMILES string of the molecule is Cc1cccc(C2/C(=C(/O)c3ccc4c(c3)OCCO4)C(=O)C(=O)N2c2ccc(Cl)cc2)c1. The standard InChI is InChI=1S/C26H20ClNO5/c1-15-3-2-4-16(13-15)23-22(24(29)17-5-10-20-21(14-17)33-12-11-32-20)25(30)26(31)28(23)19-8-6-18(27)7-9-19/h2-10,13-14,23,29H,11-12H2,1H3/b24-22-. The number of aryl methyl sites for hydroxylation is 1. The number of nitrogens with zero attached hydrogens (tertiary/aromatic N) is 1. The van der Waals surface area contributed by atoms with Gasteiger partial charge in [0.05, 0.1) is 11.6 Å². The number of carbonyl (C=O) groups is 2. The molecule has 3 aromatic rings. The molecule has 0 aromatic heterocycles. The molecule has 0 aliphatic carbocycles. The fourth-order valence-electron chi connectivity index (χ4n) is 4.20. The second-order valence-electron chi connectivity index (χ2n) is 7.92. The number of fused-ring (bicyclic) bond motifs is 1. The first-order valence-electron chi connectivity index (χ1n) is 10.5. The maximum atomic E-state index is 13.2. The van der Waals surface area contributed by atoms with Crippen LogP contribution in [0.1, 0.15) is 22.7 Å². The zero-order valence-electron chi connectivity index (χ0n) is 17.7. The van der Waals surface area contributed by atoms with E-state index in [1.807, 2.05) is 31.2 Å². The number of rotatable bonds is 3. The van der Waals surface area contributed by atoms with Crippen LogP contribution in [0.5, 0.6) is 11.5 Å². The maximum absolute atomic E-state index is 13.2. The summed E-state index contributed by atoms with van der Waals surface area (Å²) in [5.74, 6) is -0.709. The van der Waals surface area contributed by atoms with Gasteiger partial charge < -0.3 is 14.6 Å². The molecule has 1 unspecified atom stereocenters. The van der Waals surface area contributed by atoms with E-state index in [0.717, 1.165) is 5.56 Å². The molecule has 1 amide bonds. The zero-order valence-corrected chi connectivity index (χ0v) is 18.5. The van der Waals surface area contributed by atoms with Crippen LogP contribution < -0.4 is 14.4 Å². The molecule has 166 valence electrons. The molecule has 5 rings (SSSR count). The Morgan fingerprint density at radius 2 is 1.70 bits per heavy atom. The van der Waals surface area contributed by atoms with Crippen LogP contribution in [-0.2, 0) is 9.59 Å². The number of carbonyl (C=O) groups excluding carboxylic acids is 2. The topological polar surface area (TPSA) is 76.1 Å². The van der Waals surface area contributed by atoms with Gasteiger partial charge in [-0.15, -0.1) is 0 Å². The minimum atomic E-state index is -0.806. The van der Waals surface area contributed by atoms with Crippen LogP contribution in [0.4, 0.5) is 5.69 Å². The van der Waals surface area contributed by atoms with Gasteiger partial charge in [-0.25, -0.2) is 0 Å². The average molecular weight is 462 g/mol. The quantitative estimate of drug-likeness (QED) is 0.336. The number of halogens is 1. The molecule has 1 fully saturated rings. The summed E-state index contributed by atoms with van der Waals surface area (Å²) in [6, 6.07) is 18.3. The molecule has 7 heteroatoms. The summed E-state index contributed by atoms with van der Waals surface area (Å²) in [5, 5.41) is 11.8. The fraction of sp³-hybridized carbons (Fsp3) is 0.154. The van der Waals surface area contributed by atoms with Crippen molar-refractivity contribution in [2.45, 2.75) is 13.0 Å². The van der Waals surface area contributed by atoms with Gasteiger partial charge in [-0.3, -0.25) is 14.5 Å². The predicted octanol–water partition coefficient (Wildman–Crippen LogP) is 5.05. The molecule has 1 atom stereocenters. The van der Waals surface area contributed by atoms with Crippen LogP contribution in [0, 0.1) is 6.92 Å². The van der Waals surface area contributed by atoms with Crippen molar-refractivity contribution in [2.24, 2.45) is 0 Å². The summed E-state index contributed by atoms with van der Waals surface area (Å²) in [6.07, 6.45) is 0. The summed E-state index contributed by atoms with van der Waals surface area (Å²) in [7, 11) is 0. The Morgan fingerprint density at radius 3 is 2.42 bits per heavy atom. The Bertz CT molecular complexity index is 1300. The van der Waals surface area contributed by atoms with Crippen molar-refractivity contribution < 1.29 is 24.2 Å². The van der Waals surface area contributed by atoms with E-state index in [0.29, 0.717) is 46.5 Å². The molecule has 33 heavy (non-hydrogen) atoms. The highest BCUT2D eigenvalue weighted by Gasteiger charge is 2.47. The Balaban J connectivity index is 1.70. The average Bonchev–Trinajstić information content (AvgIpc) is 3.09. The van der Waals surface area contributed by atoms with Crippen molar-refractivity contribution in [1.29, 1.82) is 0 Å². The normalized spacial score (nSPS) is 19.1. The van der Waals surface area contributed by atoms with Crippen molar-refractivity contribution in [3.05, 3.63) is 94.0 Å². The molecule has 2 aliphatic rings. The number of aliphatic hydroxyl groups excluding tert-OH is 1. The van der Waals surface area contributed by atoms with Gasteiger partial charge in [-0.2, -0.15) is 0 Å². The van der Waals surface area contributed by atoms with Crippen LogP contribution in [0.3, 0.4) is 0 Å². The number of Topliss-reactive ketones (excluding diaryl/α,β-unsaturated/α-hetero) is 1. The van der Waals surface area contributed by atoms with Gasteiger partial charge in [-0.05, 0) is 55.0 Å². The fourth-order valence-corrected chi connectivity index (χ4v) is 4.33. The van der Waals surface area contributed by atoms with E-state index in [2.05, 4.69) is 0 Å². The summed E-state index contributed by atoms with van der Waals surface area (Å²) < 4.78 is 11.2. The molecule has 2 heterocycles. The van der Waals surface area contributed by atoms with Crippen LogP contribution in [0.25, 0.3) is 5.76 Å². The van der Waals surface area contributed by atoms with E-state index in [1.165, 1.54) is 4.90 Å². The van der Waals surface area contributed by atoms with E-state index < -0.39 is 17.7 Å². The van der Waals surface area contributed by atoms with Gasteiger partial charge in [0.25, 0.3) is 11.7 Å². The van der Waals surface area contributed by atoms with Crippen LogP contribution in [0.15, 0.2) is 72.3 Å². The van der Waals surface area contributed by atoms with Gasteiger partial charge in [0.2, 0.25) is 0 Å². The maximum Gasteiger partial charge on any atom is 0.300 e. The second-order valence-corrected chi connectivity index (χ2v) is 8.35. The van der Waals surface area contributed by atoms with Crippen LogP contribution in [0.2, 0.25) is 5.02 Å². The Kier molecular flexibility index (Phi) is 5.30. The van der Waals surface area contributed by atoms with Gasteiger partial charge in [0.15, 0.2) is 11.5 Å². The van der Waals surface area contributed by atoms with E-state index in [-0.39, 0.29) is 11.3 Å². The number of benzene rings is 3. The van der Waals surface area contributed by atoms with Gasteiger partial charge in [0, 0.05) is 16.3 Å². The number of aliphatic hydroxyl groups is 1. The Labute approximate surface area is 195 Å². The molecular weight excluding hydrogens is 442 g/mol. The molecular formula is C26H20ClNO5. The van der Waals surface area contributed by atoms with Crippen LogP contribution >= 0.6 is 11.6 Å². The highest BCUT2D eigenvalue weighted by Crippen LogP contribution is 2.43. The van der Waals surface area contributed by atoms with E-state index in [1.54, 1.807) is 42.5 Å². The minimum Gasteiger partial charge on any atom is -0.507 e. The zero-order chi connectivity index (χ0) is 23.1. The predicted molar refractivity (Wildman–Crippen MR) is 125 cm³/mol. The first-order chi connectivity index (χ1) is 15.9. The number of anilines is 1. The smallest absolute Gasteiger partial charge is 0.300 e. The second kappa shape index (κ2) is 8.30. The minimum absolute atomic E-state index is 0.0113. The first-order valence-corrected chi connectivity index (χ1v) is 10.8. The van der Waals surface area contributed by atoms with Crippen molar-refractivity contribution in [3.63, 3.8) is 0 Å². The molecule has 2 aliphatic heterocycles. The van der Waals surface area contributed by atoms with E-state index in [4.69, 9.17) is 21.1 Å². The first kappa shape index (κ1) is 21.1. The number of ether oxygens (including phenoxy) is 2. The van der Waals surface area contributed by atoms with Crippen molar-refractivity contribution in [2.75, 3.05) is 18.1 Å². The van der Waals surface area contributed by atoms with E-state index in [9.17, 15) is 14.7 Å². The summed E-state index contributed by atoms with van der Waals surface area (Å²) in [5.41, 5.74) is 2.56. The molecule has 1 saturated heterocycles. The molecule has 0 radical (unpaired) electrons. The highest BCUT2D eigenvalue weighted by atomic mass is 35.5. The summed E-state index contributed by atoms with van der Waals surface area (Å²) >= 11 is 6.03. The van der Waals surface area contributed by atoms with Gasteiger partial charge in [-0.1, -0.05) is 41.4 Å². The summed E-state index contributed by atoms with van der Waals surface area (Å²) in [6.45, 7) is 2.76. The lowest BCUT2D eigenvalue weighted by atomic mass is 9.94. The molecule has 0 spiro atoms. The Hall–Kier alpha value is -3.77. The van der Waals surface area contributed by atoms with Crippen LogP contribution in [-0.4, -0.2) is 30.0 Å². The lowest BCUT2D eigenvalue weighted by molar-refractivity contribution is -0.132. The Morgan fingerprint density at radius 1 is 0.970 bits per heavy atom. The molecule has 0 saturated carbocycles. The molecule has 3 aromatic carbocycles. The lowest BCUT2D eigenvalue weighted by Crippen LogP contribution is -2.29. The van der Waals surface area contributed by atoms with E-state index >= 15 is 0 Å². The highest BCUT2D eigenvalue weighted by molar-refractivity contribution is 6.51. The molecule has 6 nitrogen and oxygen atoms in total. The third-order valence-electron chi connectivity index (χ3n) is 5.72. The summed E-state index contributed by atoms with van der Waals surface area (Å²) in [4.78, 5) is 27.8. The molecule has 1 N–H and O–H groups in total. The number of amides is 1. The largest absolute Gasteiger partial charge is 0.507 e. The third kappa shape index (κ3) is 3.72.